The number of cyclic esters (lactones) is 1. The summed E-state index contributed by atoms with van der Waals surface area (Å²) in [6.07, 6.45) is 3.15. The normalized spacial score (nSPS) is 17.0. The summed E-state index contributed by atoms with van der Waals surface area (Å²) in [5, 5.41) is 9.56. The first-order valence-corrected chi connectivity index (χ1v) is 10.2. The molecule has 1 aliphatic heterocycles. The van der Waals surface area contributed by atoms with E-state index in [0.29, 0.717) is 23.5 Å². The molecule has 0 bridgehead atoms. The van der Waals surface area contributed by atoms with Crippen molar-refractivity contribution >= 4 is 23.4 Å². The maximum atomic E-state index is 12.7. The quantitative estimate of drug-likeness (QED) is 0.564. The number of anilines is 2. The number of H-pyrrole nitrogens is 1. The molecule has 4 N–H and O–H groups in total. The Morgan fingerprint density at radius 2 is 2.00 bits per heavy atom. The first-order chi connectivity index (χ1) is 14.9. The predicted octanol–water partition coefficient (Wildman–Crippen LogP) is 3.70. The summed E-state index contributed by atoms with van der Waals surface area (Å²) < 4.78 is 5.22. The number of nitrogens with zero attached hydrogens (tertiary/aromatic N) is 2. The van der Waals surface area contributed by atoms with E-state index in [4.69, 9.17) is 10.5 Å². The second kappa shape index (κ2) is 8.61. The van der Waals surface area contributed by atoms with Crippen molar-refractivity contribution in [3.05, 3.63) is 66.5 Å². The van der Waals surface area contributed by atoms with E-state index in [1.807, 2.05) is 44.2 Å². The molecule has 2 heterocycles. The number of hydrogen-bond acceptors (Lipinski definition) is 5. The fourth-order valence-corrected chi connectivity index (χ4v) is 3.62. The maximum Gasteiger partial charge on any atom is 0.414 e. The Labute approximate surface area is 180 Å². The molecule has 0 aliphatic carbocycles. The zero-order chi connectivity index (χ0) is 22.0. The summed E-state index contributed by atoms with van der Waals surface area (Å²) in [6.45, 7) is 4.44. The van der Waals surface area contributed by atoms with Crippen LogP contribution in [0.3, 0.4) is 0 Å². The minimum Gasteiger partial charge on any atom is -0.447 e. The van der Waals surface area contributed by atoms with Gasteiger partial charge in [0.15, 0.2) is 0 Å². The second-order valence-corrected chi connectivity index (χ2v) is 7.88. The van der Waals surface area contributed by atoms with E-state index in [2.05, 4.69) is 15.5 Å². The molecule has 0 saturated carbocycles. The average molecular weight is 419 g/mol. The third kappa shape index (κ3) is 4.29. The number of carbonyl (C=O) groups excluding carboxylic acids is 2. The van der Waals surface area contributed by atoms with Crippen LogP contribution in [0.15, 0.2) is 60.9 Å². The molecule has 0 radical (unpaired) electrons. The lowest BCUT2D eigenvalue weighted by molar-refractivity contribution is -0.117. The van der Waals surface area contributed by atoms with E-state index in [1.165, 1.54) is 0 Å². The van der Waals surface area contributed by atoms with Gasteiger partial charge < -0.3 is 15.8 Å². The van der Waals surface area contributed by atoms with Crippen molar-refractivity contribution in [1.29, 1.82) is 0 Å². The van der Waals surface area contributed by atoms with Gasteiger partial charge in [-0.1, -0.05) is 44.2 Å². The van der Waals surface area contributed by atoms with Crippen LogP contribution in [0.2, 0.25) is 0 Å². The molecule has 1 fully saturated rings. The molecule has 3 aromatic rings. The van der Waals surface area contributed by atoms with E-state index in [0.717, 1.165) is 11.1 Å². The van der Waals surface area contributed by atoms with E-state index < -0.39 is 6.04 Å². The zero-order valence-corrected chi connectivity index (χ0v) is 17.4. The molecular weight excluding hydrogens is 394 g/mol. The van der Waals surface area contributed by atoms with Crippen molar-refractivity contribution in [1.82, 2.24) is 10.2 Å². The Hall–Kier alpha value is -3.65. The summed E-state index contributed by atoms with van der Waals surface area (Å²) in [6, 6.07) is 13.7. The summed E-state index contributed by atoms with van der Waals surface area (Å²) in [4.78, 5) is 26.6. The molecule has 1 saturated heterocycles. The van der Waals surface area contributed by atoms with Gasteiger partial charge in [0, 0.05) is 23.1 Å². The Morgan fingerprint density at radius 1 is 1.23 bits per heavy atom. The SMILES string of the molecule is CC(C)C1COC(=O)N1c1cccc(NC(=O)[C@H](N)c2ccc(-c3cn[nH]c3)cc2)c1. The van der Waals surface area contributed by atoms with Gasteiger partial charge in [-0.25, -0.2) is 4.79 Å². The van der Waals surface area contributed by atoms with E-state index in [9.17, 15) is 9.59 Å². The van der Waals surface area contributed by atoms with Gasteiger partial charge in [0.05, 0.1) is 12.2 Å². The van der Waals surface area contributed by atoms with Crippen molar-refractivity contribution in [3.63, 3.8) is 0 Å². The van der Waals surface area contributed by atoms with Gasteiger partial charge in [-0.15, -0.1) is 0 Å². The molecule has 1 aliphatic rings. The number of carbonyl (C=O) groups is 2. The molecule has 160 valence electrons. The zero-order valence-electron chi connectivity index (χ0n) is 17.4. The lowest BCUT2D eigenvalue weighted by Gasteiger charge is -2.24. The predicted molar refractivity (Wildman–Crippen MR) is 118 cm³/mol. The summed E-state index contributed by atoms with van der Waals surface area (Å²) >= 11 is 0. The number of nitrogens with one attached hydrogen (secondary N) is 2. The van der Waals surface area contributed by atoms with Crippen LogP contribution in [0.5, 0.6) is 0 Å². The number of rotatable bonds is 6. The topological polar surface area (TPSA) is 113 Å². The fraction of sp³-hybridized carbons (Fsp3) is 0.261. The molecule has 2 amide bonds. The molecule has 4 rings (SSSR count). The number of aromatic nitrogens is 2. The number of benzene rings is 2. The van der Waals surface area contributed by atoms with E-state index >= 15 is 0 Å². The van der Waals surface area contributed by atoms with Crippen LogP contribution in [0.25, 0.3) is 11.1 Å². The van der Waals surface area contributed by atoms with Gasteiger partial charge in [0.2, 0.25) is 5.91 Å². The van der Waals surface area contributed by atoms with Crippen LogP contribution in [-0.4, -0.2) is 34.8 Å². The lowest BCUT2D eigenvalue weighted by atomic mass is 10.0. The third-order valence-corrected chi connectivity index (χ3v) is 5.45. The molecule has 1 aromatic heterocycles. The van der Waals surface area contributed by atoms with Gasteiger partial charge in [0.25, 0.3) is 0 Å². The molecule has 0 spiro atoms. The van der Waals surface area contributed by atoms with Gasteiger partial charge in [-0.05, 0) is 35.2 Å². The highest BCUT2D eigenvalue weighted by molar-refractivity contribution is 5.97. The summed E-state index contributed by atoms with van der Waals surface area (Å²) in [5.41, 5.74) is 10.1. The second-order valence-electron chi connectivity index (χ2n) is 7.88. The van der Waals surface area contributed by atoms with Crippen molar-refractivity contribution in [2.75, 3.05) is 16.8 Å². The van der Waals surface area contributed by atoms with E-state index in [-0.39, 0.29) is 24.0 Å². The number of hydrogen-bond donors (Lipinski definition) is 3. The number of aromatic amines is 1. The molecule has 1 unspecified atom stereocenters. The minimum atomic E-state index is -0.831. The molecule has 8 nitrogen and oxygen atoms in total. The standard InChI is InChI=1S/C23H25N5O3/c1-14(2)20-13-31-23(30)28(20)19-5-3-4-18(10-19)27-22(29)21(24)16-8-6-15(7-9-16)17-11-25-26-12-17/h3-12,14,20-21H,13,24H2,1-2H3,(H,25,26)(H,27,29)/t20?,21-/m1/s1. The Morgan fingerprint density at radius 3 is 2.68 bits per heavy atom. The van der Waals surface area contributed by atoms with Crippen LogP contribution >= 0.6 is 0 Å². The van der Waals surface area contributed by atoms with Crippen molar-refractivity contribution in [3.8, 4) is 11.1 Å². The lowest BCUT2D eigenvalue weighted by Crippen LogP contribution is -2.37. The van der Waals surface area contributed by atoms with Gasteiger partial charge in [0.1, 0.15) is 12.6 Å². The highest BCUT2D eigenvalue weighted by Crippen LogP contribution is 2.29. The van der Waals surface area contributed by atoms with Crippen LogP contribution < -0.4 is 16.0 Å². The van der Waals surface area contributed by atoms with Gasteiger partial charge >= 0.3 is 6.09 Å². The van der Waals surface area contributed by atoms with Crippen LogP contribution in [0.4, 0.5) is 16.2 Å². The number of ether oxygens (including phenoxy) is 1. The van der Waals surface area contributed by atoms with Gasteiger partial charge in [-0.2, -0.15) is 5.10 Å². The van der Waals surface area contributed by atoms with Crippen molar-refractivity contribution < 1.29 is 14.3 Å². The first kappa shape index (κ1) is 20.6. The Kier molecular flexibility index (Phi) is 5.73. The van der Waals surface area contributed by atoms with Crippen LogP contribution in [-0.2, 0) is 9.53 Å². The number of nitrogens with two attached hydrogens (primary N) is 1. The molecule has 2 atom stereocenters. The third-order valence-electron chi connectivity index (χ3n) is 5.45. The molecule has 8 heteroatoms. The van der Waals surface area contributed by atoms with Crippen LogP contribution in [0, 0.1) is 5.92 Å². The molecule has 31 heavy (non-hydrogen) atoms. The fourth-order valence-electron chi connectivity index (χ4n) is 3.62. The first-order valence-electron chi connectivity index (χ1n) is 10.2. The summed E-state index contributed by atoms with van der Waals surface area (Å²) in [5.74, 6) is -0.0965. The smallest absolute Gasteiger partial charge is 0.414 e. The molecule has 2 aromatic carbocycles. The Bertz CT molecular complexity index is 1060. The summed E-state index contributed by atoms with van der Waals surface area (Å²) in [7, 11) is 0. The van der Waals surface area contributed by atoms with E-state index in [1.54, 1.807) is 35.5 Å². The molecular formula is C23H25N5O3. The maximum absolute atomic E-state index is 12.7. The number of amides is 2. The average Bonchev–Trinajstić information content (AvgIpc) is 3.43. The highest BCUT2D eigenvalue weighted by atomic mass is 16.6. The minimum absolute atomic E-state index is 0.0468. The van der Waals surface area contributed by atoms with Gasteiger partial charge in [-0.3, -0.25) is 14.8 Å². The van der Waals surface area contributed by atoms with Crippen LogP contribution in [0.1, 0.15) is 25.5 Å². The van der Waals surface area contributed by atoms with Crippen molar-refractivity contribution in [2.24, 2.45) is 11.7 Å². The monoisotopic (exact) mass is 419 g/mol. The Balaban J connectivity index is 1.47. The highest BCUT2D eigenvalue weighted by Gasteiger charge is 2.36. The van der Waals surface area contributed by atoms with Crippen molar-refractivity contribution in [2.45, 2.75) is 25.9 Å². The largest absolute Gasteiger partial charge is 0.447 e.